The summed E-state index contributed by atoms with van der Waals surface area (Å²) in [5.74, 6) is 0.554. The Morgan fingerprint density at radius 1 is 1.67 bits per heavy atom. The third kappa shape index (κ3) is 1.30. The number of hydrogen-bond acceptors (Lipinski definition) is 2. The summed E-state index contributed by atoms with van der Waals surface area (Å²) >= 11 is 0. The summed E-state index contributed by atoms with van der Waals surface area (Å²) in [5, 5.41) is 0. The molecule has 52 valence electrons. The van der Waals surface area contributed by atoms with Crippen LogP contribution in [0.15, 0.2) is 0 Å². The molecule has 0 radical (unpaired) electrons. The van der Waals surface area contributed by atoms with Crippen molar-refractivity contribution in [1.82, 2.24) is 0 Å². The first-order valence-corrected chi connectivity index (χ1v) is 3.31. The van der Waals surface area contributed by atoms with Crippen LogP contribution in [0.5, 0.6) is 0 Å². The number of hydrogen-bond donors (Lipinski definition) is 1. The molecule has 1 saturated carbocycles. The lowest BCUT2D eigenvalue weighted by Crippen LogP contribution is -2.51. The van der Waals surface area contributed by atoms with Crippen molar-refractivity contribution in [2.45, 2.75) is 32.2 Å². The predicted molar refractivity (Wildman–Crippen MR) is 36.0 cm³/mol. The summed E-state index contributed by atoms with van der Waals surface area (Å²) in [4.78, 5) is 10.7. The number of ketones is 1. The molecule has 0 aromatic carbocycles. The molecule has 0 unspecified atom stereocenters. The Balaban J connectivity index is 2.35. The molecule has 1 rings (SSSR count). The minimum absolute atomic E-state index is 0.0453. The fourth-order valence-electron chi connectivity index (χ4n) is 1.35. The van der Waals surface area contributed by atoms with Crippen LogP contribution in [0.3, 0.4) is 0 Å². The van der Waals surface area contributed by atoms with E-state index in [1.165, 1.54) is 0 Å². The largest absolute Gasteiger partial charge is 0.325 e. The molecule has 1 aliphatic carbocycles. The fraction of sp³-hybridized carbons (Fsp3) is 0.857. The van der Waals surface area contributed by atoms with Gasteiger partial charge in [0.15, 0.2) is 0 Å². The molecule has 0 atom stereocenters. The van der Waals surface area contributed by atoms with Crippen molar-refractivity contribution in [3.8, 4) is 0 Å². The van der Waals surface area contributed by atoms with Gasteiger partial charge in [-0.1, -0.05) is 0 Å². The van der Waals surface area contributed by atoms with Crippen molar-refractivity contribution in [2.75, 3.05) is 0 Å². The lowest BCUT2D eigenvalue weighted by molar-refractivity contribution is -0.125. The van der Waals surface area contributed by atoms with Gasteiger partial charge in [0.25, 0.3) is 0 Å². The summed E-state index contributed by atoms with van der Waals surface area (Å²) in [6.07, 6.45) is 1.75. The Hall–Kier alpha value is -0.370. The second-order valence-corrected chi connectivity index (χ2v) is 3.37. The molecule has 1 aliphatic rings. The van der Waals surface area contributed by atoms with Gasteiger partial charge in [-0.25, -0.2) is 0 Å². The van der Waals surface area contributed by atoms with Crippen molar-refractivity contribution in [1.29, 1.82) is 0 Å². The molecular formula is C7H13NO. The quantitative estimate of drug-likeness (QED) is 0.563. The Morgan fingerprint density at radius 3 is 2.22 bits per heavy atom. The maximum absolute atomic E-state index is 10.7. The molecule has 2 heteroatoms. The zero-order valence-electron chi connectivity index (χ0n) is 5.98. The minimum Gasteiger partial charge on any atom is -0.325 e. The summed E-state index contributed by atoms with van der Waals surface area (Å²) in [7, 11) is 0. The Labute approximate surface area is 55.4 Å². The van der Waals surface area contributed by atoms with Gasteiger partial charge >= 0.3 is 0 Å². The molecule has 1 fully saturated rings. The van der Waals surface area contributed by atoms with E-state index in [-0.39, 0.29) is 17.2 Å². The molecule has 9 heavy (non-hydrogen) atoms. The van der Waals surface area contributed by atoms with Crippen molar-refractivity contribution in [3.63, 3.8) is 0 Å². The average molecular weight is 127 g/mol. The second kappa shape index (κ2) is 1.81. The molecular weight excluding hydrogens is 114 g/mol. The van der Waals surface area contributed by atoms with Gasteiger partial charge in [0, 0.05) is 11.5 Å². The van der Waals surface area contributed by atoms with E-state index >= 15 is 0 Å². The van der Waals surface area contributed by atoms with Crippen LogP contribution in [0.4, 0.5) is 0 Å². The first kappa shape index (κ1) is 6.75. The highest BCUT2D eigenvalue weighted by Gasteiger charge is 2.38. The lowest BCUT2D eigenvalue weighted by Gasteiger charge is -2.40. The van der Waals surface area contributed by atoms with E-state index in [1.807, 2.05) is 6.92 Å². The van der Waals surface area contributed by atoms with Gasteiger partial charge in [0.05, 0.1) is 0 Å². The fourth-order valence-corrected chi connectivity index (χ4v) is 1.35. The van der Waals surface area contributed by atoms with Crippen molar-refractivity contribution in [2.24, 2.45) is 11.7 Å². The van der Waals surface area contributed by atoms with Gasteiger partial charge in [-0.2, -0.15) is 0 Å². The van der Waals surface area contributed by atoms with Crippen molar-refractivity contribution in [3.05, 3.63) is 0 Å². The van der Waals surface area contributed by atoms with Crippen LogP contribution < -0.4 is 5.73 Å². The van der Waals surface area contributed by atoms with E-state index in [9.17, 15) is 4.79 Å². The summed E-state index contributed by atoms with van der Waals surface area (Å²) in [6.45, 7) is 3.63. The second-order valence-electron chi connectivity index (χ2n) is 3.37. The van der Waals surface area contributed by atoms with Crippen LogP contribution in [-0.2, 0) is 4.79 Å². The zero-order chi connectivity index (χ0) is 7.07. The molecule has 0 aromatic rings. The smallest absolute Gasteiger partial charge is 0.133 e. The van der Waals surface area contributed by atoms with Crippen LogP contribution in [0.2, 0.25) is 0 Å². The third-order valence-electron chi connectivity index (χ3n) is 2.00. The van der Waals surface area contributed by atoms with Gasteiger partial charge in [0.2, 0.25) is 0 Å². The van der Waals surface area contributed by atoms with E-state index in [0.29, 0.717) is 0 Å². The number of nitrogens with two attached hydrogens (primary N) is 1. The summed E-state index contributed by atoms with van der Waals surface area (Å²) in [5.41, 5.74) is 5.65. The van der Waals surface area contributed by atoms with Crippen LogP contribution >= 0.6 is 0 Å². The van der Waals surface area contributed by atoms with E-state index in [2.05, 4.69) is 0 Å². The van der Waals surface area contributed by atoms with Gasteiger partial charge in [-0.05, 0) is 26.7 Å². The van der Waals surface area contributed by atoms with Crippen molar-refractivity contribution >= 4 is 5.78 Å². The SMILES string of the molecule is CC(=O)[C@H]1C[C@@](C)(N)C1. The number of rotatable bonds is 1. The number of Topliss-reactive ketones (excluding diaryl/α,β-unsaturated/α-hetero) is 1. The summed E-state index contributed by atoms with van der Waals surface area (Å²) < 4.78 is 0. The highest BCUT2D eigenvalue weighted by molar-refractivity contribution is 5.79. The van der Waals surface area contributed by atoms with E-state index in [0.717, 1.165) is 12.8 Å². The predicted octanol–water partition coefficient (Wildman–Crippen LogP) is 0.703. The number of carbonyl (C=O) groups is 1. The minimum atomic E-state index is -0.0453. The molecule has 2 N–H and O–H groups in total. The van der Waals surface area contributed by atoms with Gasteiger partial charge < -0.3 is 5.73 Å². The third-order valence-corrected chi connectivity index (χ3v) is 2.00. The Kier molecular flexibility index (Phi) is 1.35. The maximum Gasteiger partial charge on any atom is 0.133 e. The molecule has 0 amide bonds. The molecule has 2 nitrogen and oxygen atoms in total. The Morgan fingerprint density at radius 2 is 2.11 bits per heavy atom. The molecule has 0 bridgehead atoms. The van der Waals surface area contributed by atoms with Crippen LogP contribution in [0.1, 0.15) is 26.7 Å². The first-order valence-electron chi connectivity index (χ1n) is 3.31. The summed E-state index contributed by atoms with van der Waals surface area (Å²) in [6, 6.07) is 0. The highest BCUT2D eigenvalue weighted by Crippen LogP contribution is 2.35. The number of carbonyl (C=O) groups excluding carboxylic acids is 1. The standard InChI is InChI=1S/C7H13NO/c1-5(9)6-3-7(2,8)4-6/h6H,3-4,8H2,1-2H3/t6-,7+. The van der Waals surface area contributed by atoms with Gasteiger partial charge in [-0.15, -0.1) is 0 Å². The normalized spacial score (nSPS) is 41.9. The zero-order valence-corrected chi connectivity index (χ0v) is 5.98. The van der Waals surface area contributed by atoms with Gasteiger partial charge in [0.1, 0.15) is 5.78 Å². The van der Waals surface area contributed by atoms with Crippen LogP contribution in [0, 0.1) is 5.92 Å². The van der Waals surface area contributed by atoms with Crippen LogP contribution in [0.25, 0.3) is 0 Å². The molecule has 0 heterocycles. The highest BCUT2D eigenvalue weighted by atomic mass is 16.1. The molecule has 0 spiro atoms. The maximum atomic E-state index is 10.7. The lowest BCUT2D eigenvalue weighted by atomic mass is 9.69. The average Bonchev–Trinajstić information content (AvgIpc) is 1.59. The monoisotopic (exact) mass is 127 g/mol. The van der Waals surface area contributed by atoms with E-state index in [1.54, 1.807) is 6.92 Å². The van der Waals surface area contributed by atoms with Gasteiger partial charge in [-0.3, -0.25) is 4.79 Å². The molecule has 0 aromatic heterocycles. The molecule has 0 saturated heterocycles. The Bertz CT molecular complexity index is 132. The first-order chi connectivity index (χ1) is 4.01. The van der Waals surface area contributed by atoms with E-state index < -0.39 is 0 Å². The van der Waals surface area contributed by atoms with Crippen LogP contribution in [-0.4, -0.2) is 11.3 Å². The van der Waals surface area contributed by atoms with Crippen molar-refractivity contribution < 1.29 is 4.79 Å². The topological polar surface area (TPSA) is 43.1 Å². The molecule has 0 aliphatic heterocycles. The van der Waals surface area contributed by atoms with E-state index in [4.69, 9.17) is 5.73 Å².